The van der Waals surface area contributed by atoms with Crippen LogP contribution in [0.25, 0.3) is 0 Å². The zero-order chi connectivity index (χ0) is 25.2. The SMILES string of the molecule is Clc1ccc(COc2ccc(C=Nc3ccc([C@@H]4Nc5ccccc5[C@H]5C=CC[C@H]54)cc3)cc2Cl)cc1. The molecule has 4 aromatic carbocycles. The van der Waals surface area contributed by atoms with Gasteiger partial charge in [0.1, 0.15) is 12.4 Å². The molecule has 4 aromatic rings. The van der Waals surface area contributed by atoms with Gasteiger partial charge in [-0.15, -0.1) is 0 Å². The summed E-state index contributed by atoms with van der Waals surface area (Å²) < 4.78 is 5.87. The molecule has 2 aliphatic rings. The first kappa shape index (κ1) is 23.8. The molecule has 3 atom stereocenters. The minimum absolute atomic E-state index is 0.284. The van der Waals surface area contributed by atoms with Gasteiger partial charge in [0.05, 0.1) is 16.8 Å². The molecule has 1 N–H and O–H groups in total. The first-order valence-corrected chi connectivity index (χ1v) is 13.2. The highest BCUT2D eigenvalue weighted by Crippen LogP contribution is 2.49. The van der Waals surface area contributed by atoms with Gasteiger partial charge >= 0.3 is 0 Å². The fraction of sp³-hybridized carbons (Fsp3) is 0.156. The quantitative estimate of drug-likeness (QED) is 0.201. The molecule has 0 aromatic heterocycles. The van der Waals surface area contributed by atoms with Gasteiger partial charge < -0.3 is 10.1 Å². The fourth-order valence-corrected chi connectivity index (χ4v) is 5.62. The molecule has 1 aliphatic carbocycles. The molecule has 1 aliphatic heterocycles. The Morgan fingerprint density at radius 1 is 0.919 bits per heavy atom. The zero-order valence-electron chi connectivity index (χ0n) is 20.1. The zero-order valence-corrected chi connectivity index (χ0v) is 21.7. The summed E-state index contributed by atoms with van der Waals surface area (Å²) in [6.07, 6.45) is 7.62. The molecule has 0 unspecified atom stereocenters. The average Bonchev–Trinajstić information content (AvgIpc) is 3.43. The Morgan fingerprint density at radius 2 is 1.73 bits per heavy atom. The van der Waals surface area contributed by atoms with E-state index in [2.05, 4.69) is 71.0 Å². The lowest BCUT2D eigenvalue weighted by molar-refractivity contribution is 0.306. The van der Waals surface area contributed by atoms with Crippen LogP contribution in [0.5, 0.6) is 5.75 Å². The highest BCUT2D eigenvalue weighted by Gasteiger charge is 2.37. The monoisotopic (exact) mass is 524 g/mol. The van der Waals surface area contributed by atoms with Crippen molar-refractivity contribution in [2.75, 3.05) is 5.32 Å². The van der Waals surface area contributed by atoms with Gasteiger partial charge in [-0.25, -0.2) is 0 Å². The molecule has 184 valence electrons. The molecule has 3 nitrogen and oxygen atoms in total. The van der Waals surface area contributed by atoms with Crippen LogP contribution in [0.1, 0.15) is 40.6 Å². The Kier molecular flexibility index (Phi) is 6.73. The number of para-hydroxylation sites is 1. The average molecular weight is 525 g/mol. The van der Waals surface area contributed by atoms with E-state index in [1.54, 1.807) is 0 Å². The smallest absolute Gasteiger partial charge is 0.138 e. The van der Waals surface area contributed by atoms with Gasteiger partial charge in [-0.2, -0.15) is 0 Å². The molecular weight excluding hydrogens is 499 g/mol. The van der Waals surface area contributed by atoms with Gasteiger partial charge in [-0.1, -0.05) is 77.8 Å². The number of allylic oxidation sites excluding steroid dienone is 2. The van der Waals surface area contributed by atoms with E-state index in [-0.39, 0.29) is 6.04 Å². The molecule has 6 rings (SSSR count). The van der Waals surface area contributed by atoms with Gasteiger partial charge in [-0.05, 0) is 83.1 Å². The highest BCUT2D eigenvalue weighted by atomic mass is 35.5. The van der Waals surface area contributed by atoms with Crippen LogP contribution >= 0.6 is 23.2 Å². The first-order chi connectivity index (χ1) is 18.1. The molecule has 0 saturated heterocycles. The number of halogens is 2. The first-order valence-electron chi connectivity index (χ1n) is 12.5. The summed E-state index contributed by atoms with van der Waals surface area (Å²) >= 11 is 12.4. The minimum atomic E-state index is 0.284. The molecule has 0 fully saturated rings. The highest BCUT2D eigenvalue weighted by molar-refractivity contribution is 6.32. The molecule has 0 saturated carbocycles. The van der Waals surface area contributed by atoms with Crippen molar-refractivity contribution >= 4 is 40.8 Å². The van der Waals surface area contributed by atoms with Crippen molar-refractivity contribution in [3.63, 3.8) is 0 Å². The van der Waals surface area contributed by atoms with Crippen LogP contribution in [0.2, 0.25) is 10.0 Å². The van der Waals surface area contributed by atoms with Crippen molar-refractivity contribution in [3.8, 4) is 5.75 Å². The van der Waals surface area contributed by atoms with Crippen molar-refractivity contribution in [1.29, 1.82) is 0 Å². The van der Waals surface area contributed by atoms with Crippen molar-refractivity contribution in [2.24, 2.45) is 10.9 Å². The van der Waals surface area contributed by atoms with Gasteiger partial charge in [0.15, 0.2) is 0 Å². The van der Waals surface area contributed by atoms with Crippen molar-refractivity contribution in [1.82, 2.24) is 0 Å². The Labute approximate surface area is 227 Å². The number of aliphatic imine (C=N–C) groups is 1. The molecular formula is C32H26Cl2N2O. The van der Waals surface area contributed by atoms with Crippen molar-refractivity contribution < 1.29 is 4.74 Å². The van der Waals surface area contributed by atoms with Crippen molar-refractivity contribution in [2.45, 2.75) is 25.0 Å². The van der Waals surface area contributed by atoms with Crippen LogP contribution in [0.3, 0.4) is 0 Å². The van der Waals surface area contributed by atoms with Gasteiger partial charge in [0.25, 0.3) is 0 Å². The maximum absolute atomic E-state index is 6.47. The van der Waals surface area contributed by atoms with Crippen LogP contribution in [-0.2, 0) is 6.61 Å². The summed E-state index contributed by atoms with van der Waals surface area (Å²) in [4.78, 5) is 4.67. The van der Waals surface area contributed by atoms with E-state index in [0.29, 0.717) is 34.2 Å². The topological polar surface area (TPSA) is 33.6 Å². The van der Waals surface area contributed by atoms with Crippen LogP contribution in [0.15, 0.2) is 108 Å². The Bertz CT molecular complexity index is 1460. The normalized spacial score (nSPS) is 19.9. The van der Waals surface area contributed by atoms with Crippen LogP contribution < -0.4 is 10.1 Å². The van der Waals surface area contributed by atoms with Crippen LogP contribution in [0, 0.1) is 5.92 Å². The minimum Gasteiger partial charge on any atom is -0.487 e. The molecule has 1 heterocycles. The van der Waals surface area contributed by atoms with Gasteiger partial charge in [0.2, 0.25) is 0 Å². The fourth-order valence-electron chi connectivity index (χ4n) is 5.25. The maximum Gasteiger partial charge on any atom is 0.138 e. The van der Waals surface area contributed by atoms with E-state index >= 15 is 0 Å². The maximum atomic E-state index is 6.47. The van der Waals surface area contributed by atoms with E-state index < -0.39 is 0 Å². The Balaban J connectivity index is 1.12. The van der Waals surface area contributed by atoms with Gasteiger partial charge in [-0.3, -0.25) is 4.99 Å². The third-order valence-corrected chi connectivity index (χ3v) is 7.70. The summed E-state index contributed by atoms with van der Waals surface area (Å²) in [5.41, 5.74) is 6.77. The van der Waals surface area contributed by atoms with E-state index in [9.17, 15) is 0 Å². The Hall–Kier alpha value is -3.53. The second kappa shape index (κ2) is 10.5. The molecule has 0 radical (unpaired) electrons. The summed E-state index contributed by atoms with van der Waals surface area (Å²) in [7, 11) is 0. The van der Waals surface area contributed by atoms with E-state index in [1.165, 1.54) is 16.8 Å². The lowest BCUT2D eigenvalue weighted by Crippen LogP contribution is -2.28. The number of rotatable bonds is 6. The molecule has 5 heteroatoms. The Morgan fingerprint density at radius 3 is 2.54 bits per heavy atom. The summed E-state index contributed by atoms with van der Waals surface area (Å²) in [5.74, 6) is 1.65. The number of anilines is 1. The van der Waals surface area contributed by atoms with Gasteiger partial charge in [0, 0.05) is 22.8 Å². The number of nitrogens with zero attached hydrogens (tertiary/aromatic N) is 1. The number of benzene rings is 4. The number of nitrogens with one attached hydrogen (secondary N) is 1. The van der Waals surface area contributed by atoms with Crippen LogP contribution in [0.4, 0.5) is 11.4 Å². The van der Waals surface area contributed by atoms with E-state index in [4.69, 9.17) is 27.9 Å². The molecule has 0 spiro atoms. The van der Waals surface area contributed by atoms with Crippen LogP contribution in [-0.4, -0.2) is 6.21 Å². The number of hydrogen-bond acceptors (Lipinski definition) is 3. The lowest BCUT2D eigenvalue weighted by Gasteiger charge is -2.37. The predicted octanol–water partition coefficient (Wildman–Crippen LogP) is 9.15. The molecule has 0 amide bonds. The third kappa shape index (κ3) is 5.16. The summed E-state index contributed by atoms with van der Waals surface area (Å²) in [6.45, 7) is 0.426. The second-order valence-electron chi connectivity index (χ2n) is 9.52. The standard InChI is InChI=1S/C32H26Cl2N2O/c33-24-13-8-21(9-14-24)20-37-31-17-10-22(18-29(31)34)19-35-25-15-11-23(12-16-25)32-28-6-3-5-26(28)27-4-1-2-7-30(27)36-32/h1-5,7-19,26,28,32,36H,6,20H2/t26-,28-,32+/m1/s1. The summed E-state index contributed by atoms with van der Waals surface area (Å²) in [6, 6.07) is 30.8. The largest absolute Gasteiger partial charge is 0.487 e. The van der Waals surface area contributed by atoms with Crippen molar-refractivity contribution in [3.05, 3.63) is 135 Å². The summed E-state index contributed by atoms with van der Waals surface area (Å²) in [5, 5.41) is 5.04. The second-order valence-corrected chi connectivity index (χ2v) is 10.4. The molecule has 0 bridgehead atoms. The van der Waals surface area contributed by atoms with E-state index in [0.717, 1.165) is 23.2 Å². The predicted molar refractivity (Wildman–Crippen MR) is 154 cm³/mol. The number of fused-ring (bicyclic) bond motifs is 3. The third-order valence-electron chi connectivity index (χ3n) is 7.15. The lowest BCUT2D eigenvalue weighted by atomic mass is 9.77. The number of ether oxygens (including phenoxy) is 1. The number of hydrogen-bond donors (Lipinski definition) is 1. The van der Waals surface area contributed by atoms with E-state index in [1.807, 2.05) is 48.7 Å². The molecule has 37 heavy (non-hydrogen) atoms.